The number of furan rings is 2. The van der Waals surface area contributed by atoms with E-state index in [1.54, 1.807) is 0 Å². The molecular formula is C47H27N3O2. The predicted octanol–water partition coefficient (Wildman–Crippen LogP) is 12.6. The van der Waals surface area contributed by atoms with Gasteiger partial charge in [-0.1, -0.05) is 115 Å². The molecule has 0 N–H and O–H groups in total. The van der Waals surface area contributed by atoms with Crippen molar-refractivity contribution >= 4 is 65.4 Å². The van der Waals surface area contributed by atoms with E-state index >= 15 is 0 Å². The second-order valence-electron chi connectivity index (χ2n) is 13.2. The molecule has 11 rings (SSSR count). The summed E-state index contributed by atoms with van der Waals surface area (Å²) < 4.78 is 12.8. The molecule has 0 aliphatic carbocycles. The lowest BCUT2D eigenvalue weighted by Gasteiger charge is -2.12. The van der Waals surface area contributed by atoms with Crippen LogP contribution in [0.15, 0.2) is 173 Å². The smallest absolute Gasteiger partial charge is 0.164 e. The van der Waals surface area contributed by atoms with Gasteiger partial charge in [-0.3, -0.25) is 0 Å². The fourth-order valence-electron chi connectivity index (χ4n) is 7.54. The zero-order chi connectivity index (χ0) is 34.2. The molecule has 52 heavy (non-hydrogen) atoms. The normalized spacial score (nSPS) is 11.8. The van der Waals surface area contributed by atoms with E-state index in [2.05, 4.69) is 115 Å². The average Bonchev–Trinajstić information content (AvgIpc) is 3.78. The van der Waals surface area contributed by atoms with Gasteiger partial charge in [0, 0.05) is 43.6 Å². The number of fused-ring (bicyclic) bond motifs is 9. The Morgan fingerprint density at radius 1 is 0.308 bits per heavy atom. The SMILES string of the molecule is c1ccc(-c2ccc3c(c2)c(-c2nc(-c4ccc5ccccc5c4)nc(-c4ccc5c(c4)oc4ccccc45)n2)cc2c4ccccc4oc32)cc1. The molecular weight excluding hydrogens is 639 g/mol. The van der Waals surface area contributed by atoms with E-state index in [0.717, 1.165) is 93.2 Å². The molecule has 11 aromatic rings. The van der Waals surface area contributed by atoms with Gasteiger partial charge in [0.05, 0.1) is 0 Å². The Morgan fingerprint density at radius 3 is 1.73 bits per heavy atom. The first-order valence-electron chi connectivity index (χ1n) is 17.3. The third-order valence-corrected chi connectivity index (χ3v) is 10.1. The Hall–Kier alpha value is -7.11. The van der Waals surface area contributed by atoms with Gasteiger partial charge in [-0.25, -0.2) is 15.0 Å². The quantitative estimate of drug-likeness (QED) is 0.187. The van der Waals surface area contributed by atoms with Crippen LogP contribution in [0.1, 0.15) is 0 Å². The van der Waals surface area contributed by atoms with Gasteiger partial charge >= 0.3 is 0 Å². The van der Waals surface area contributed by atoms with E-state index < -0.39 is 0 Å². The second-order valence-corrected chi connectivity index (χ2v) is 13.2. The van der Waals surface area contributed by atoms with Gasteiger partial charge in [-0.15, -0.1) is 0 Å². The van der Waals surface area contributed by atoms with Crippen LogP contribution in [0.4, 0.5) is 0 Å². The van der Waals surface area contributed by atoms with Crippen LogP contribution in [0, 0.1) is 0 Å². The van der Waals surface area contributed by atoms with Crippen molar-refractivity contribution in [3.8, 4) is 45.3 Å². The molecule has 0 bridgehead atoms. The summed E-state index contributed by atoms with van der Waals surface area (Å²) in [6, 6.07) is 56.4. The molecule has 3 heterocycles. The van der Waals surface area contributed by atoms with Crippen LogP contribution in [0.2, 0.25) is 0 Å². The van der Waals surface area contributed by atoms with Crippen molar-refractivity contribution in [3.05, 3.63) is 164 Å². The van der Waals surface area contributed by atoms with Gasteiger partial charge in [-0.2, -0.15) is 0 Å². The van der Waals surface area contributed by atoms with E-state index in [4.69, 9.17) is 23.8 Å². The van der Waals surface area contributed by atoms with Crippen molar-refractivity contribution < 1.29 is 8.83 Å². The maximum Gasteiger partial charge on any atom is 0.164 e. The molecule has 0 aliphatic heterocycles. The third kappa shape index (κ3) is 4.53. The zero-order valence-electron chi connectivity index (χ0n) is 27.7. The molecule has 0 unspecified atom stereocenters. The number of aromatic nitrogens is 3. The zero-order valence-corrected chi connectivity index (χ0v) is 27.7. The molecule has 0 aliphatic rings. The molecule has 0 spiro atoms. The van der Waals surface area contributed by atoms with E-state index in [1.165, 1.54) is 0 Å². The summed E-state index contributed by atoms with van der Waals surface area (Å²) in [7, 11) is 0. The van der Waals surface area contributed by atoms with Crippen molar-refractivity contribution in [1.29, 1.82) is 0 Å². The van der Waals surface area contributed by atoms with Crippen molar-refractivity contribution in [2.45, 2.75) is 0 Å². The van der Waals surface area contributed by atoms with Gasteiger partial charge in [0.1, 0.15) is 22.3 Å². The van der Waals surface area contributed by atoms with Crippen molar-refractivity contribution in [2.75, 3.05) is 0 Å². The summed E-state index contributed by atoms with van der Waals surface area (Å²) in [5, 5.41) is 8.49. The van der Waals surface area contributed by atoms with Gasteiger partial charge < -0.3 is 8.83 Å². The Bertz CT molecular complexity index is 3190. The minimum atomic E-state index is 0.569. The van der Waals surface area contributed by atoms with Crippen molar-refractivity contribution in [2.24, 2.45) is 0 Å². The first kappa shape index (κ1) is 28.7. The molecule has 5 nitrogen and oxygen atoms in total. The molecule has 0 radical (unpaired) electrons. The highest BCUT2D eigenvalue weighted by Crippen LogP contribution is 2.41. The van der Waals surface area contributed by atoms with Crippen LogP contribution in [-0.2, 0) is 0 Å². The first-order valence-corrected chi connectivity index (χ1v) is 17.3. The van der Waals surface area contributed by atoms with Crippen molar-refractivity contribution in [1.82, 2.24) is 15.0 Å². The summed E-state index contributed by atoms with van der Waals surface area (Å²) in [6.45, 7) is 0. The molecule has 0 amide bonds. The molecule has 242 valence electrons. The van der Waals surface area contributed by atoms with E-state index in [0.29, 0.717) is 17.5 Å². The lowest BCUT2D eigenvalue weighted by Crippen LogP contribution is -2.01. The highest BCUT2D eigenvalue weighted by Gasteiger charge is 2.20. The maximum absolute atomic E-state index is 6.53. The molecule has 3 aromatic heterocycles. The van der Waals surface area contributed by atoms with Crippen LogP contribution in [0.25, 0.3) is 111 Å². The monoisotopic (exact) mass is 665 g/mol. The Kier molecular flexibility index (Phi) is 6.18. The molecule has 0 atom stereocenters. The maximum atomic E-state index is 6.53. The van der Waals surface area contributed by atoms with E-state index in [-0.39, 0.29) is 0 Å². The molecule has 0 fully saturated rings. The molecule has 5 heteroatoms. The average molecular weight is 666 g/mol. The Balaban J connectivity index is 1.21. The Morgan fingerprint density at radius 2 is 0.904 bits per heavy atom. The number of nitrogens with zero attached hydrogens (tertiary/aromatic N) is 3. The first-order chi connectivity index (χ1) is 25.7. The van der Waals surface area contributed by atoms with E-state index in [9.17, 15) is 0 Å². The van der Waals surface area contributed by atoms with Crippen LogP contribution in [0.5, 0.6) is 0 Å². The summed E-state index contributed by atoms with van der Waals surface area (Å²) in [6.07, 6.45) is 0. The lowest BCUT2D eigenvalue weighted by molar-refractivity contribution is 0.669. The minimum absolute atomic E-state index is 0.569. The lowest BCUT2D eigenvalue weighted by atomic mass is 9.95. The largest absolute Gasteiger partial charge is 0.456 e. The second kappa shape index (κ2) is 11.2. The van der Waals surface area contributed by atoms with Gasteiger partial charge in [0.2, 0.25) is 0 Å². The van der Waals surface area contributed by atoms with Crippen LogP contribution < -0.4 is 0 Å². The van der Waals surface area contributed by atoms with Gasteiger partial charge in [-0.05, 0) is 75.8 Å². The highest BCUT2D eigenvalue weighted by molar-refractivity contribution is 6.19. The molecule has 8 aromatic carbocycles. The summed E-state index contributed by atoms with van der Waals surface area (Å²) in [4.78, 5) is 15.6. The standard InChI is InChI=1S/C47H27N3O2/c1-2-10-28(11-3-1)31-20-23-37-38(25-31)40(27-39-35-15-7-9-17-42(35)52-44(37)39)47-49-45(32-19-18-29-12-4-5-13-30(29)24-32)48-46(50-47)33-21-22-36-34-14-6-8-16-41(34)51-43(36)26-33/h1-27H. The van der Waals surface area contributed by atoms with E-state index in [1.807, 2.05) is 48.5 Å². The summed E-state index contributed by atoms with van der Waals surface area (Å²) in [5.41, 5.74) is 8.23. The fourth-order valence-corrected chi connectivity index (χ4v) is 7.54. The molecule has 0 saturated heterocycles. The minimum Gasteiger partial charge on any atom is -0.456 e. The topological polar surface area (TPSA) is 65.0 Å². The number of rotatable bonds is 4. The van der Waals surface area contributed by atoms with Crippen molar-refractivity contribution in [3.63, 3.8) is 0 Å². The van der Waals surface area contributed by atoms with Crippen LogP contribution in [-0.4, -0.2) is 15.0 Å². The van der Waals surface area contributed by atoms with Crippen LogP contribution >= 0.6 is 0 Å². The number of hydrogen-bond acceptors (Lipinski definition) is 5. The summed E-state index contributed by atoms with van der Waals surface area (Å²) >= 11 is 0. The fraction of sp³-hybridized carbons (Fsp3) is 0. The Labute approximate surface area is 297 Å². The highest BCUT2D eigenvalue weighted by atomic mass is 16.3. The van der Waals surface area contributed by atoms with Crippen LogP contribution in [0.3, 0.4) is 0 Å². The predicted molar refractivity (Wildman–Crippen MR) is 211 cm³/mol. The van der Waals surface area contributed by atoms with Gasteiger partial charge in [0.25, 0.3) is 0 Å². The number of hydrogen-bond donors (Lipinski definition) is 0. The number of benzene rings is 8. The third-order valence-electron chi connectivity index (χ3n) is 10.1. The summed E-state index contributed by atoms with van der Waals surface area (Å²) in [5.74, 6) is 1.75. The van der Waals surface area contributed by atoms with Gasteiger partial charge in [0.15, 0.2) is 17.5 Å². The number of para-hydroxylation sites is 2. The molecule has 0 saturated carbocycles.